The molecule has 5 atom stereocenters. The van der Waals surface area contributed by atoms with Crippen LogP contribution in [-0.2, 0) is 37.3 Å². The number of halogens is 2. The van der Waals surface area contributed by atoms with Crippen LogP contribution in [0.4, 0.5) is 8.78 Å². The van der Waals surface area contributed by atoms with Crippen LogP contribution in [0.15, 0.2) is 0 Å². The highest BCUT2D eigenvalue weighted by atomic mass is 31.2. The normalized spacial score (nSPS) is 37.4. The van der Waals surface area contributed by atoms with E-state index in [1.165, 1.54) is 13.8 Å². The molecule has 0 bridgehead atoms. The highest BCUT2D eigenvalue weighted by molar-refractivity contribution is 7.55. The van der Waals surface area contributed by atoms with E-state index in [0.29, 0.717) is 0 Å². The lowest BCUT2D eigenvalue weighted by Crippen LogP contribution is -2.48. The molecule has 0 aromatic carbocycles. The van der Waals surface area contributed by atoms with Crippen molar-refractivity contribution in [2.24, 2.45) is 5.92 Å². The van der Waals surface area contributed by atoms with Crippen molar-refractivity contribution in [3.05, 3.63) is 0 Å². The van der Waals surface area contributed by atoms with Gasteiger partial charge in [0.15, 0.2) is 17.9 Å². The summed E-state index contributed by atoms with van der Waals surface area (Å²) in [6, 6.07) is 0. The molecule has 8 nitrogen and oxygen atoms in total. The van der Waals surface area contributed by atoms with Crippen LogP contribution in [0.1, 0.15) is 41.5 Å². The molecule has 3 aliphatic heterocycles. The van der Waals surface area contributed by atoms with E-state index >= 15 is 8.78 Å². The van der Waals surface area contributed by atoms with Gasteiger partial charge in [0.2, 0.25) is 0 Å². The van der Waals surface area contributed by atoms with Gasteiger partial charge in [-0.3, -0.25) is 4.57 Å². The van der Waals surface area contributed by atoms with Gasteiger partial charge in [-0.2, -0.15) is 8.78 Å². The SMILES string of the molecule is CCOP(=O)(OCC)C(F)(F)[C@H]1[C@H]2OC(C)(C)O[C@H]2O[C@@H]1[C@H]1COC(C)(C)O1. The number of hydrogen-bond acceptors (Lipinski definition) is 8. The third kappa shape index (κ3) is 3.90. The number of rotatable bonds is 7. The molecule has 164 valence electrons. The molecule has 0 radical (unpaired) electrons. The summed E-state index contributed by atoms with van der Waals surface area (Å²) in [6.45, 7) is 9.15. The van der Waals surface area contributed by atoms with Crippen molar-refractivity contribution >= 4 is 7.60 Å². The van der Waals surface area contributed by atoms with Gasteiger partial charge in [-0.1, -0.05) is 0 Å². The van der Waals surface area contributed by atoms with Crippen LogP contribution in [-0.4, -0.2) is 61.7 Å². The van der Waals surface area contributed by atoms with Gasteiger partial charge in [-0.05, 0) is 41.5 Å². The molecule has 3 aliphatic rings. The minimum Gasteiger partial charge on any atom is -0.348 e. The van der Waals surface area contributed by atoms with E-state index in [4.69, 9.17) is 32.7 Å². The highest BCUT2D eigenvalue weighted by Gasteiger charge is 2.71. The average Bonchev–Trinajstić information content (AvgIpc) is 3.16. The Morgan fingerprint density at radius 3 is 2.11 bits per heavy atom. The third-order valence-corrected chi connectivity index (χ3v) is 7.07. The lowest BCUT2D eigenvalue weighted by atomic mass is 9.95. The molecule has 0 aromatic heterocycles. The molecule has 0 spiro atoms. The third-order valence-electron chi connectivity index (χ3n) is 4.85. The van der Waals surface area contributed by atoms with Gasteiger partial charge in [0.1, 0.15) is 18.3 Å². The van der Waals surface area contributed by atoms with Crippen LogP contribution in [0.3, 0.4) is 0 Å². The van der Waals surface area contributed by atoms with Gasteiger partial charge >= 0.3 is 13.3 Å². The number of fused-ring (bicyclic) bond motifs is 1. The first-order chi connectivity index (χ1) is 12.9. The Kier molecular flexibility index (Phi) is 6.02. The molecule has 3 saturated heterocycles. The Labute approximate surface area is 163 Å². The lowest BCUT2D eigenvalue weighted by molar-refractivity contribution is -0.236. The highest BCUT2D eigenvalue weighted by Crippen LogP contribution is 2.68. The van der Waals surface area contributed by atoms with Gasteiger partial charge < -0.3 is 32.7 Å². The largest absolute Gasteiger partial charge is 0.400 e. The van der Waals surface area contributed by atoms with Crippen LogP contribution in [0.5, 0.6) is 0 Å². The molecule has 11 heteroatoms. The maximum atomic E-state index is 15.7. The van der Waals surface area contributed by atoms with Crippen LogP contribution in [0.25, 0.3) is 0 Å². The summed E-state index contributed by atoms with van der Waals surface area (Å²) >= 11 is 0. The predicted octanol–water partition coefficient (Wildman–Crippen LogP) is 3.49. The van der Waals surface area contributed by atoms with Crippen molar-refractivity contribution in [2.75, 3.05) is 19.8 Å². The topological polar surface area (TPSA) is 81.7 Å². The first-order valence-corrected chi connectivity index (χ1v) is 11.0. The van der Waals surface area contributed by atoms with E-state index in [0.717, 1.165) is 0 Å². The smallest absolute Gasteiger partial charge is 0.348 e. The van der Waals surface area contributed by atoms with E-state index < -0.39 is 55.4 Å². The van der Waals surface area contributed by atoms with Crippen molar-refractivity contribution in [3.8, 4) is 0 Å². The molecular formula is C17H29F2O8P. The van der Waals surface area contributed by atoms with Crippen LogP contribution < -0.4 is 0 Å². The van der Waals surface area contributed by atoms with Crippen LogP contribution in [0, 0.1) is 5.92 Å². The number of alkyl halides is 2. The zero-order valence-electron chi connectivity index (χ0n) is 17.0. The summed E-state index contributed by atoms with van der Waals surface area (Å²) in [5, 5.41) is 0. The van der Waals surface area contributed by atoms with Crippen molar-refractivity contribution in [1.29, 1.82) is 0 Å². The van der Waals surface area contributed by atoms with E-state index in [1.807, 2.05) is 0 Å². The van der Waals surface area contributed by atoms with Gasteiger partial charge in [-0.25, -0.2) is 0 Å². The number of hydrogen-bond donors (Lipinski definition) is 0. The van der Waals surface area contributed by atoms with Crippen molar-refractivity contribution in [1.82, 2.24) is 0 Å². The predicted molar refractivity (Wildman–Crippen MR) is 92.9 cm³/mol. The molecule has 3 rings (SSSR count). The van der Waals surface area contributed by atoms with Gasteiger partial charge in [-0.15, -0.1) is 0 Å². The summed E-state index contributed by atoms with van der Waals surface area (Å²) in [5.41, 5.74) is -3.90. The van der Waals surface area contributed by atoms with E-state index in [1.54, 1.807) is 27.7 Å². The van der Waals surface area contributed by atoms with Gasteiger partial charge in [0.05, 0.1) is 25.7 Å². The molecular weight excluding hydrogens is 401 g/mol. The summed E-state index contributed by atoms with van der Waals surface area (Å²) < 4.78 is 82.8. The standard InChI is InChI=1S/C17H29F2O8P/c1-7-22-28(20,23-8-2)17(18,19)11-12(10-9-21-15(3,4)25-10)24-14-13(11)26-16(5,6)27-14/h10-14H,7-9H2,1-6H3/t10-,11-,12-,13-,14-/m1/s1. The Morgan fingerprint density at radius 2 is 1.61 bits per heavy atom. The Balaban J connectivity index is 1.97. The lowest BCUT2D eigenvalue weighted by Gasteiger charge is -2.36. The second-order valence-electron chi connectivity index (χ2n) is 7.88. The molecule has 3 fully saturated rings. The maximum absolute atomic E-state index is 15.7. The summed E-state index contributed by atoms with van der Waals surface area (Å²) in [6.07, 6.45) is -4.22. The van der Waals surface area contributed by atoms with E-state index in [2.05, 4.69) is 0 Å². The Morgan fingerprint density at radius 1 is 1.00 bits per heavy atom. The monoisotopic (exact) mass is 430 g/mol. The fraction of sp³-hybridized carbons (Fsp3) is 1.00. The van der Waals surface area contributed by atoms with Gasteiger partial charge in [0, 0.05) is 0 Å². The van der Waals surface area contributed by atoms with Crippen molar-refractivity contribution < 1.29 is 46.1 Å². The molecule has 28 heavy (non-hydrogen) atoms. The Bertz CT molecular complexity index is 618. The van der Waals surface area contributed by atoms with Gasteiger partial charge in [0.25, 0.3) is 0 Å². The first-order valence-electron chi connectivity index (χ1n) is 9.45. The summed E-state index contributed by atoms with van der Waals surface area (Å²) in [4.78, 5) is 0. The molecule has 3 heterocycles. The zero-order chi connectivity index (χ0) is 21.0. The molecule has 0 aromatic rings. The van der Waals surface area contributed by atoms with E-state index in [-0.39, 0.29) is 19.8 Å². The van der Waals surface area contributed by atoms with Crippen LogP contribution >= 0.6 is 7.60 Å². The van der Waals surface area contributed by atoms with Crippen molar-refractivity contribution in [3.63, 3.8) is 0 Å². The molecule has 0 saturated carbocycles. The average molecular weight is 430 g/mol. The minimum atomic E-state index is -4.82. The Hall–Kier alpha value is -0.190. The van der Waals surface area contributed by atoms with Crippen LogP contribution in [0.2, 0.25) is 0 Å². The quantitative estimate of drug-likeness (QED) is 0.568. The molecule has 0 aliphatic carbocycles. The summed E-state index contributed by atoms with van der Waals surface area (Å²) in [7, 11) is -4.82. The fourth-order valence-corrected chi connectivity index (χ4v) is 5.61. The maximum Gasteiger partial charge on any atom is 0.400 e. The van der Waals surface area contributed by atoms with Crippen molar-refractivity contribution in [2.45, 2.75) is 83.4 Å². The first kappa shape index (κ1) is 22.5. The second-order valence-corrected chi connectivity index (χ2v) is 9.99. The zero-order valence-corrected chi connectivity index (χ0v) is 17.9. The molecule has 0 unspecified atom stereocenters. The fourth-order valence-electron chi connectivity index (χ4n) is 3.86. The summed E-state index contributed by atoms with van der Waals surface area (Å²) in [5.74, 6) is -3.75. The minimum absolute atomic E-state index is 0.0423. The second kappa shape index (κ2) is 7.50. The van der Waals surface area contributed by atoms with E-state index in [9.17, 15) is 4.57 Å². The number of ether oxygens (including phenoxy) is 5. The molecule has 0 amide bonds. The molecule has 0 N–H and O–H groups in total.